The first-order valence-corrected chi connectivity index (χ1v) is 7.14. The number of hydrogen-bond donors (Lipinski definition) is 1. The average Bonchev–Trinajstić information content (AvgIpc) is 2.53. The lowest BCUT2D eigenvalue weighted by Gasteiger charge is -2.28. The Balaban J connectivity index is 2.24. The number of methoxy groups -OCH3 is 3. The molecule has 1 aliphatic rings. The highest BCUT2D eigenvalue weighted by molar-refractivity contribution is 5.54. The lowest BCUT2D eigenvalue weighted by molar-refractivity contribution is 0.182. The number of hydrogen-bond acceptors (Lipinski definition) is 4. The van der Waals surface area contributed by atoms with E-state index in [4.69, 9.17) is 14.2 Å². The van der Waals surface area contributed by atoms with Crippen molar-refractivity contribution in [1.29, 1.82) is 0 Å². The van der Waals surface area contributed by atoms with E-state index in [0.29, 0.717) is 35.7 Å². The van der Waals surface area contributed by atoms with Crippen molar-refractivity contribution in [2.24, 2.45) is 5.92 Å². The number of aliphatic hydroxyl groups excluding tert-OH is 1. The summed E-state index contributed by atoms with van der Waals surface area (Å²) in [5.74, 6) is 3.04. The number of ether oxygens (including phenoxy) is 3. The van der Waals surface area contributed by atoms with E-state index in [1.165, 1.54) is 5.56 Å². The predicted molar refractivity (Wildman–Crippen MR) is 77.9 cm³/mol. The van der Waals surface area contributed by atoms with E-state index in [-0.39, 0.29) is 0 Å². The van der Waals surface area contributed by atoms with Crippen LogP contribution < -0.4 is 14.2 Å². The maximum Gasteiger partial charge on any atom is 0.203 e. The summed E-state index contributed by atoms with van der Waals surface area (Å²) in [5, 5.41) is 9.22. The Labute approximate surface area is 120 Å². The fourth-order valence-electron chi connectivity index (χ4n) is 3.02. The fourth-order valence-corrected chi connectivity index (χ4v) is 3.02. The van der Waals surface area contributed by atoms with Gasteiger partial charge in [-0.25, -0.2) is 0 Å². The van der Waals surface area contributed by atoms with Crippen LogP contribution in [-0.2, 0) is 0 Å². The first kappa shape index (κ1) is 15.0. The quantitative estimate of drug-likeness (QED) is 0.900. The van der Waals surface area contributed by atoms with Gasteiger partial charge in [0.05, 0.1) is 21.3 Å². The molecule has 0 radical (unpaired) electrons. The highest BCUT2D eigenvalue weighted by Gasteiger charge is 2.24. The lowest BCUT2D eigenvalue weighted by Crippen LogP contribution is -2.16. The maximum atomic E-state index is 9.22. The molecule has 112 valence electrons. The molecule has 1 saturated carbocycles. The van der Waals surface area contributed by atoms with Crippen molar-refractivity contribution < 1.29 is 19.3 Å². The van der Waals surface area contributed by atoms with Gasteiger partial charge in [0.1, 0.15) is 0 Å². The summed E-state index contributed by atoms with van der Waals surface area (Å²) >= 11 is 0. The van der Waals surface area contributed by atoms with Crippen molar-refractivity contribution in [2.45, 2.75) is 31.6 Å². The highest BCUT2D eigenvalue weighted by atomic mass is 16.5. The van der Waals surface area contributed by atoms with Crippen LogP contribution in [-0.4, -0.2) is 33.0 Å². The third kappa shape index (κ3) is 3.01. The van der Waals surface area contributed by atoms with Gasteiger partial charge in [0.15, 0.2) is 11.5 Å². The van der Waals surface area contributed by atoms with Crippen LogP contribution in [0.2, 0.25) is 0 Å². The molecule has 4 heteroatoms. The lowest BCUT2D eigenvalue weighted by atomic mass is 9.79. The van der Waals surface area contributed by atoms with Gasteiger partial charge in [-0.2, -0.15) is 0 Å². The highest BCUT2D eigenvalue weighted by Crippen LogP contribution is 2.43. The summed E-state index contributed by atoms with van der Waals surface area (Å²) in [6.07, 6.45) is 4.36. The Bertz CT molecular complexity index is 411. The Morgan fingerprint density at radius 1 is 0.950 bits per heavy atom. The topological polar surface area (TPSA) is 47.9 Å². The van der Waals surface area contributed by atoms with Gasteiger partial charge in [0, 0.05) is 6.61 Å². The molecule has 1 aromatic rings. The smallest absolute Gasteiger partial charge is 0.203 e. The molecule has 0 spiro atoms. The third-order valence-electron chi connectivity index (χ3n) is 4.26. The first-order chi connectivity index (χ1) is 9.73. The van der Waals surface area contributed by atoms with E-state index in [2.05, 4.69) is 0 Å². The monoisotopic (exact) mass is 280 g/mol. The van der Waals surface area contributed by atoms with Crippen LogP contribution in [0.25, 0.3) is 0 Å². The molecule has 1 fully saturated rings. The van der Waals surface area contributed by atoms with Gasteiger partial charge >= 0.3 is 0 Å². The van der Waals surface area contributed by atoms with Gasteiger partial charge in [-0.1, -0.05) is 0 Å². The van der Waals surface area contributed by atoms with E-state index >= 15 is 0 Å². The predicted octanol–water partition coefficient (Wildman–Crippen LogP) is 2.98. The van der Waals surface area contributed by atoms with Gasteiger partial charge in [0.25, 0.3) is 0 Å². The van der Waals surface area contributed by atoms with Crippen LogP contribution in [0.3, 0.4) is 0 Å². The van der Waals surface area contributed by atoms with Crippen LogP contribution in [0.5, 0.6) is 17.2 Å². The van der Waals surface area contributed by atoms with Crippen molar-refractivity contribution >= 4 is 0 Å². The van der Waals surface area contributed by atoms with E-state index in [0.717, 1.165) is 25.7 Å². The molecule has 0 unspecified atom stereocenters. The normalized spacial score (nSPS) is 22.4. The fraction of sp³-hybridized carbons (Fsp3) is 0.625. The van der Waals surface area contributed by atoms with Crippen LogP contribution >= 0.6 is 0 Å². The minimum atomic E-state index is 0.308. The Hall–Kier alpha value is -1.42. The minimum Gasteiger partial charge on any atom is -0.493 e. The molecule has 1 N–H and O–H groups in total. The van der Waals surface area contributed by atoms with Gasteiger partial charge in [-0.05, 0) is 55.2 Å². The number of rotatable bonds is 5. The summed E-state index contributed by atoms with van der Waals surface area (Å²) in [6, 6.07) is 4.09. The molecular weight excluding hydrogens is 256 g/mol. The number of aliphatic hydroxyl groups is 1. The molecule has 4 nitrogen and oxygen atoms in total. The molecule has 0 atom stereocenters. The number of benzene rings is 1. The standard InChI is InChI=1S/C16H24O4/c1-18-14-8-13(9-15(19-2)16(14)20-3)12-6-4-11(10-17)5-7-12/h8-9,11-12,17H,4-7,10H2,1-3H3. The molecule has 20 heavy (non-hydrogen) atoms. The van der Waals surface area contributed by atoms with Crippen molar-refractivity contribution in [3.8, 4) is 17.2 Å². The Kier molecular flexibility index (Phi) is 5.12. The van der Waals surface area contributed by atoms with E-state index in [9.17, 15) is 5.11 Å². The molecule has 0 bridgehead atoms. The summed E-state index contributed by atoms with van der Waals surface area (Å²) in [6.45, 7) is 0.308. The summed E-state index contributed by atoms with van der Waals surface area (Å²) in [7, 11) is 4.90. The molecule has 0 aliphatic heterocycles. The zero-order chi connectivity index (χ0) is 14.5. The van der Waals surface area contributed by atoms with E-state index < -0.39 is 0 Å². The molecule has 1 aliphatic carbocycles. The first-order valence-electron chi connectivity index (χ1n) is 7.14. The third-order valence-corrected chi connectivity index (χ3v) is 4.26. The van der Waals surface area contributed by atoms with Crippen molar-refractivity contribution in [3.05, 3.63) is 17.7 Å². The van der Waals surface area contributed by atoms with Crippen LogP contribution in [0.4, 0.5) is 0 Å². The van der Waals surface area contributed by atoms with Crippen LogP contribution in [0, 0.1) is 5.92 Å². The second-order valence-electron chi connectivity index (χ2n) is 5.36. The van der Waals surface area contributed by atoms with Gasteiger partial charge < -0.3 is 19.3 Å². The maximum absolute atomic E-state index is 9.22. The Morgan fingerprint density at radius 2 is 1.50 bits per heavy atom. The average molecular weight is 280 g/mol. The van der Waals surface area contributed by atoms with Crippen LogP contribution in [0.1, 0.15) is 37.2 Å². The second kappa shape index (κ2) is 6.84. The van der Waals surface area contributed by atoms with Crippen LogP contribution in [0.15, 0.2) is 12.1 Å². The van der Waals surface area contributed by atoms with Gasteiger partial charge in [-0.3, -0.25) is 0 Å². The summed E-state index contributed by atoms with van der Waals surface area (Å²) < 4.78 is 16.2. The molecule has 0 amide bonds. The molecule has 1 aromatic carbocycles. The molecular formula is C16H24O4. The summed E-state index contributed by atoms with van der Waals surface area (Å²) in [5.41, 5.74) is 1.23. The molecule has 0 heterocycles. The largest absolute Gasteiger partial charge is 0.493 e. The van der Waals surface area contributed by atoms with Gasteiger partial charge in [0.2, 0.25) is 5.75 Å². The van der Waals surface area contributed by atoms with E-state index in [1.807, 2.05) is 12.1 Å². The van der Waals surface area contributed by atoms with Crippen molar-refractivity contribution in [1.82, 2.24) is 0 Å². The zero-order valence-corrected chi connectivity index (χ0v) is 12.5. The van der Waals surface area contributed by atoms with Gasteiger partial charge in [-0.15, -0.1) is 0 Å². The van der Waals surface area contributed by atoms with Crippen molar-refractivity contribution in [2.75, 3.05) is 27.9 Å². The minimum absolute atomic E-state index is 0.308. The summed E-state index contributed by atoms with van der Waals surface area (Å²) in [4.78, 5) is 0. The Morgan fingerprint density at radius 3 is 1.90 bits per heavy atom. The zero-order valence-electron chi connectivity index (χ0n) is 12.5. The second-order valence-corrected chi connectivity index (χ2v) is 5.36. The molecule has 0 aromatic heterocycles. The SMILES string of the molecule is COc1cc(C2CCC(CO)CC2)cc(OC)c1OC. The van der Waals surface area contributed by atoms with Crippen molar-refractivity contribution in [3.63, 3.8) is 0 Å². The molecule has 0 saturated heterocycles. The van der Waals surface area contributed by atoms with E-state index in [1.54, 1.807) is 21.3 Å². The molecule has 2 rings (SSSR count).